The van der Waals surface area contributed by atoms with E-state index in [4.69, 9.17) is 9.26 Å². The van der Waals surface area contributed by atoms with E-state index in [-0.39, 0.29) is 11.7 Å². The van der Waals surface area contributed by atoms with E-state index < -0.39 is 17.7 Å². The molecule has 1 saturated heterocycles. The second kappa shape index (κ2) is 7.65. The molecule has 1 fully saturated rings. The number of hydrogen-bond acceptors (Lipinski definition) is 7. The summed E-state index contributed by atoms with van der Waals surface area (Å²) in [6.07, 6.45) is 0.525. The number of amides is 1. The molecule has 0 radical (unpaired) electrons. The van der Waals surface area contributed by atoms with Crippen LogP contribution in [0.1, 0.15) is 49.4 Å². The van der Waals surface area contributed by atoms with Crippen molar-refractivity contribution < 1.29 is 23.6 Å². The molecule has 1 aliphatic heterocycles. The van der Waals surface area contributed by atoms with Crippen molar-refractivity contribution in [2.75, 3.05) is 33.3 Å². The number of rotatable bonds is 5. The Bertz CT molecular complexity index is 579. The average Bonchev–Trinajstić information content (AvgIpc) is 3.13. The lowest BCUT2D eigenvalue weighted by molar-refractivity contribution is 0.0520. The summed E-state index contributed by atoms with van der Waals surface area (Å²) in [6.45, 7) is 8.46. The van der Waals surface area contributed by atoms with E-state index >= 15 is 0 Å². The molecule has 8 nitrogen and oxygen atoms in total. The van der Waals surface area contributed by atoms with Gasteiger partial charge in [-0.3, -0.25) is 0 Å². The molecule has 1 aromatic rings. The summed E-state index contributed by atoms with van der Waals surface area (Å²) >= 11 is 0. The molecule has 0 spiro atoms. The van der Waals surface area contributed by atoms with Crippen LogP contribution < -0.4 is 5.32 Å². The fourth-order valence-electron chi connectivity index (χ4n) is 2.59. The fraction of sp³-hybridized carbons (Fsp3) is 0.688. The van der Waals surface area contributed by atoms with E-state index in [2.05, 4.69) is 20.1 Å². The van der Waals surface area contributed by atoms with Crippen LogP contribution in [-0.4, -0.2) is 61.0 Å². The zero-order valence-corrected chi connectivity index (χ0v) is 14.6. The SMILES string of the molecule is COC(=O)c1cc([C@@H]2CCN(CCNC(=O)OC(C)(C)C)C2)no1. The van der Waals surface area contributed by atoms with Gasteiger partial charge in [0.1, 0.15) is 5.60 Å². The van der Waals surface area contributed by atoms with E-state index in [0.717, 1.165) is 31.7 Å². The number of methoxy groups -OCH3 is 1. The molecule has 0 aromatic carbocycles. The molecule has 1 N–H and O–H groups in total. The largest absolute Gasteiger partial charge is 0.463 e. The van der Waals surface area contributed by atoms with Gasteiger partial charge in [-0.05, 0) is 33.7 Å². The minimum atomic E-state index is -0.523. The van der Waals surface area contributed by atoms with E-state index in [9.17, 15) is 9.59 Å². The molecule has 1 atom stereocenters. The van der Waals surface area contributed by atoms with Gasteiger partial charge in [0.2, 0.25) is 5.76 Å². The third kappa shape index (κ3) is 5.23. The highest BCUT2D eigenvalue weighted by Crippen LogP contribution is 2.26. The first-order chi connectivity index (χ1) is 11.3. The van der Waals surface area contributed by atoms with Crippen LogP contribution in [0, 0.1) is 0 Å². The van der Waals surface area contributed by atoms with Gasteiger partial charge in [0.25, 0.3) is 0 Å². The Hall–Kier alpha value is -2.09. The van der Waals surface area contributed by atoms with Crippen LogP contribution >= 0.6 is 0 Å². The van der Waals surface area contributed by atoms with Gasteiger partial charge < -0.3 is 24.2 Å². The normalized spacial score (nSPS) is 18.4. The van der Waals surface area contributed by atoms with Gasteiger partial charge in [0.15, 0.2) is 0 Å². The summed E-state index contributed by atoms with van der Waals surface area (Å²) < 4.78 is 14.8. The number of aromatic nitrogens is 1. The van der Waals surface area contributed by atoms with Crippen molar-refractivity contribution >= 4 is 12.1 Å². The minimum Gasteiger partial charge on any atom is -0.463 e. The first-order valence-electron chi connectivity index (χ1n) is 8.02. The Morgan fingerprint density at radius 3 is 2.88 bits per heavy atom. The second-order valence-electron chi connectivity index (χ2n) is 6.82. The van der Waals surface area contributed by atoms with E-state index in [0.29, 0.717) is 6.54 Å². The maximum atomic E-state index is 11.6. The van der Waals surface area contributed by atoms with Crippen molar-refractivity contribution in [1.82, 2.24) is 15.4 Å². The van der Waals surface area contributed by atoms with Crippen LogP contribution in [0.3, 0.4) is 0 Å². The van der Waals surface area contributed by atoms with Crippen molar-refractivity contribution in [2.45, 2.75) is 38.7 Å². The number of esters is 1. The van der Waals surface area contributed by atoms with Gasteiger partial charge in [-0.1, -0.05) is 5.16 Å². The molecule has 1 aromatic heterocycles. The molecule has 1 amide bonds. The Kier molecular flexibility index (Phi) is 5.82. The molecule has 24 heavy (non-hydrogen) atoms. The third-order valence-corrected chi connectivity index (χ3v) is 3.70. The van der Waals surface area contributed by atoms with E-state index in [1.807, 2.05) is 20.8 Å². The number of carbonyl (C=O) groups excluding carboxylic acids is 2. The van der Waals surface area contributed by atoms with Gasteiger partial charge in [0, 0.05) is 31.6 Å². The van der Waals surface area contributed by atoms with Crippen molar-refractivity contribution in [3.8, 4) is 0 Å². The highest BCUT2D eigenvalue weighted by Gasteiger charge is 2.27. The molecular weight excluding hydrogens is 314 g/mol. The minimum absolute atomic E-state index is 0.123. The van der Waals surface area contributed by atoms with Crippen LogP contribution in [0.15, 0.2) is 10.6 Å². The van der Waals surface area contributed by atoms with Crippen molar-refractivity contribution in [3.05, 3.63) is 17.5 Å². The summed E-state index contributed by atoms with van der Waals surface area (Å²) in [5.74, 6) is -0.184. The quantitative estimate of drug-likeness (QED) is 0.817. The van der Waals surface area contributed by atoms with Crippen LogP contribution in [-0.2, 0) is 9.47 Å². The zero-order chi connectivity index (χ0) is 17.7. The molecule has 2 heterocycles. The smallest absolute Gasteiger partial charge is 0.407 e. The molecule has 0 aliphatic carbocycles. The Morgan fingerprint density at radius 2 is 2.21 bits per heavy atom. The summed E-state index contributed by atoms with van der Waals surface area (Å²) in [5, 5.41) is 6.71. The molecule has 0 bridgehead atoms. The highest BCUT2D eigenvalue weighted by molar-refractivity contribution is 5.86. The molecule has 8 heteroatoms. The van der Waals surface area contributed by atoms with E-state index in [1.54, 1.807) is 6.07 Å². The molecule has 0 saturated carbocycles. The third-order valence-electron chi connectivity index (χ3n) is 3.70. The lowest BCUT2D eigenvalue weighted by Crippen LogP contribution is -2.37. The van der Waals surface area contributed by atoms with Crippen LogP contribution in [0.4, 0.5) is 4.79 Å². The van der Waals surface area contributed by atoms with Crippen LogP contribution in [0.2, 0.25) is 0 Å². The molecule has 134 valence electrons. The van der Waals surface area contributed by atoms with Gasteiger partial charge >= 0.3 is 12.1 Å². The van der Waals surface area contributed by atoms with E-state index in [1.165, 1.54) is 7.11 Å². The standard InChI is InChI=1S/C16H25N3O5/c1-16(2,3)23-15(21)17-6-8-19-7-5-11(10-19)12-9-13(24-18-12)14(20)22-4/h9,11H,5-8,10H2,1-4H3,(H,17,21)/t11-/m1/s1. The summed E-state index contributed by atoms with van der Waals surface area (Å²) in [5.41, 5.74) is 0.269. The number of alkyl carbamates (subject to hydrolysis) is 1. The monoisotopic (exact) mass is 339 g/mol. The van der Waals surface area contributed by atoms with Crippen molar-refractivity contribution in [1.29, 1.82) is 0 Å². The predicted octanol–water partition coefficient (Wildman–Crippen LogP) is 1.78. The molecule has 2 rings (SSSR count). The number of nitrogens with one attached hydrogen (secondary N) is 1. The first kappa shape index (κ1) is 18.3. The number of ether oxygens (including phenoxy) is 2. The van der Waals surface area contributed by atoms with Crippen LogP contribution in [0.25, 0.3) is 0 Å². The first-order valence-corrected chi connectivity index (χ1v) is 8.02. The maximum absolute atomic E-state index is 11.6. The molecule has 0 unspecified atom stereocenters. The number of nitrogens with zero attached hydrogens (tertiary/aromatic N) is 2. The number of carbonyl (C=O) groups is 2. The topological polar surface area (TPSA) is 93.9 Å². The van der Waals surface area contributed by atoms with Gasteiger partial charge in [-0.15, -0.1) is 0 Å². The fourth-order valence-corrected chi connectivity index (χ4v) is 2.59. The van der Waals surface area contributed by atoms with Gasteiger partial charge in [-0.25, -0.2) is 9.59 Å². The lowest BCUT2D eigenvalue weighted by Gasteiger charge is -2.21. The number of hydrogen-bond donors (Lipinski definition) is 1. The Labute approximate surface area is 141 Å². The number of likely N-dealkylation sites (tertiary alicyclic amines) is 1. The average molecular weight is 339 g/mol. The van der Waals surface area contributed by atoms with Gasteiger partial charge in [-0.2, -0.15) is 0 Å². The summed E-state index contributed by atoms with van der Waals surface area (Å²) in [6, 6.07) is 1.64. The second-order valence-corrected chi connectivity index (χ2v) is 6.82. The summed E-state index contributed by atoms with van der Waals surface area (Å²) in [7, 11) is 1.31. The molecule has 1 aliphatic rings. The van der Waals surface area contributed by atoms with Crippen molar-refractivity contribution in [3.63, 3.8) is 0 Å². The zero-order valence-electron chi connectivity index (χ0n) is 14.6. The Morgan fingerprint density at radius 1 is 1.46 bits per heavy atom. The molecular formula is C16H25N3O5. The predicted molar refractivity (Wildman–Crippen MR) is 85.9 cm³/mol. The lowest BCUT2D eigenvalue weighted by atomic mass is 10.1. The van der Waals surface area contributed by atoms with Gasteiger partial charge in [0.05, 0.1) is 12.8 Å². The van der Waals surface area contributed by atoms with Crippen molar-refractivity contribution in [2.24, 2.45) is 0 Å². The van der Waals surface area contributed by atoms with Crippen LogP contribution in [0.5, 0.6) is 0 Å². The maximum Gasteiger partial charge on any atom is 0.407 e. The highest BCUT2D eigenvalue weighted by atomic mass is 16.6. The summed E-state index contributed by atoms with van der Waals surface area (Å²) in [4.78, 5) is 25.2. The Balaban J connectivity index is 1.74.